The van der Waals surface area contributed by atoms with Gasteiger partial charge in [0.2, 0.25) is 0 Å². The summed E-state index contributed by atoms with van der Waals surface area (Å²) < 4.78 is 0. The Balaban J connectivity index is 1.88. The van der Waals surface area contributed by atoms with Crippen molar-refractivity contribution in [3.8, 4) is 11.1 Å². The standard InChI is InChI=1S/C46H67N/c1-8-12-15-17-19-22-29-43-34-39(31-37(6)46(43)41-27-23-21-24-28-41)33-40(11-4)38(7)47-44-32-36(5)45(42(35-44)26-14-10-3)30-25-20-18-16-13-9-2/h21,23-24,27-28,31-35H,8-20,22,25-26,29-30H2,1-7H3. The number of aryl methyl sites for hydroxylation is 4. The minimum Gasteiger partial charge on any atom is -0.253 e. The molecule has 0 spiro atoms. The van der Waals surface area contributed by atoms with Gasteiger partial charge in [-0.1, -0.05) is 141 Å². The van der Waals surface area contributed by atoms with Crippen LogP contribution < -0.4 is 0 Å². The fourth-order valence-electron chi connectivity index (χ4n) is 7.18. The molecule has 3 rings (SSSR count). The molecule has 0 fully saturated rings. The molecule has 0 atom stereocenters. The van der Waals surface area contributed by atoms with Crippen LogP contribution in [-0.2, 0) is 19.3 Å². The first-order chi connectivity index (χ1) is 22.9. The molecule has 0 radical (unpaired) electrons. The molecule has 0 aliphatic rings. The lowest BCUT2D eigenvalue weighted by atomic mass is 9.89. The number of hydrogen-bond acceptors (Lipinski definition) is 1. The van der Waals surface area contributed by atoms with E-state index in [1.54, 1.807) is 5.56 Å². The summed E-state index contributed by atoms with van der Waals surface area (Å²) in [6.45, 7) is 16.0. The first kappa shape index (κ1) is 38.5. The van der Waals surface area contributed by atoms with Crippen LogP contribution in [0.1, 0.15) is 164 Å². The molecule has 0 aliphatic carbocycles. The van der Waals surface area contributed by atoms with E-state index in [-0.39, 0.29) is 0 Å². The second kappa shape index (κ2) is 21.8. The van der Waals surface area contributed by atoms with Gasteiger partial charge in [-0.25, -0.2) is 0 Å². The predicted molar refractivity (Wildman–Crippen MR) is 212 cm³/mol. The predicted octanol–water partition coefficient (Wildman–Crippen LogP) is 14.7. The molecular weight excluding hydrogens is 567 g/mol. The smallest absolute Gasteiger partial charge is 0.0638 e. The lowest BCUT2D eigenvalue weighted by molar-refractivity contribution is 0.605. The Hall–Kier alpha value is -2.93. The number of nitrogens with zero attached hydrogens (tertiary/aromatic N) is 1. The van der Waals surface area contributed by atoms with Gasteiger partial charge in [-0.15, -0.1) is 0 Å². The van der Waals surface area contributed by atoms with Gasteiger partial charge in [0.1, 0.15) is 0 Å². The van der Waals surface area contributed by atoms with Gasteiger partial charge >= 0.3 is 0 Å². The van der Waals surface area contributed by atoms with Crippen molar-refractivity contribution in [2.45, 2.75) is 164 Å². The molecule has 0 aliphatic heterocycles. The van der Waals surface area contributed by atoms with Crippen LogP contribution in [0.5, 0.6) is 0 Å². The Labute approximate surface area is 290 Å². The van der Waals surface area contributed by atoms with Gasteiger partial charge in [-0.05, 0) is 134 Å². The minimum atomic E-state index is 0.972. The fourth-order valence-corrected chi connectivity index (χ4v) is 7.18. The van der Waals surface area contributed by atoms with Crippen LogP contribution in [0.4, 0.5) is 5.69 Å². The SMILES string of the molecule is CCCCCCCCc1cc(C=C(CC)C(C)=Nc2cc(C)c(CCCCCCCC)c(CCCC)c2)cc(C)c1-c1ccccc1. The van der Waals surface area contributed by atoms with Crippen LogP contribution in [0.25, 0.3) is 17.2 Å². The summed E-state index contributed by atoms with van der Waals surface area (Å²) in [4.78, 5) is 5.27. The molecule has 0 saturated carbocycles. The zero-order chi connectivity index (χ0) is 33.9. The van der Waals surface area contributed by atoms with Crippen molar-refractivity contribution in [1.29, 1.82) is 0 Å². The normalized spacial score (nSPS) is 12.2. The quantitative estimate of drug-likeness (QED) is 0.0771. The lowest BCUT2D eigenvalue weighted by Gasteiger charge is -2.16. The molecule has 1 nitrogen and oxygen atoms in total. The Bertz CT molecular complexity index is 1390. The molecule has 0 bridgehead atoms. The summed E-state index contributed by atoms with van der Waals surface area (Å²) in [5.41, 5.74) is 15.1. The lowest BCUT2D eigenvalue weighted by Crippen LogP contribution is -2.01. The van der Waals surface area contributed by atoms with Crippen LogP contribution in [0.3, 0.4) is 0 Å². The topological polar surface area (TPSA) is 12.4 Å². The highest BCUT2D eigenvalue weighted by Crippen LogP contribution is 2.32. The highest BCUT2D eigenvalue weighted by molar-refractivity contribution is 6.03. The molecule has 47 heavy (non-hydrogen) atoms. The van der Waals surface area contributed by atoms with Gasteiger partial charge in [0.15, 0.2) is 0 Å². The molecule has 0 aromatic heterocycles. The third-order valence-corrected chi connectivity index (χ3v) is 9.92. The van der Waals surface area contributed by atoms with Crippen LogP contribution >= 0.6 is 0 Å². The summed E-state index contributed by atoms with van der Waals surface area (Å²) in [6, 6.07) is 20.6. The number of aliphatic imine (C=N–C) groups is 1. The summed E-state index contributed by atoms with van der Waals surface area (Å²) in [5, 5.41) is 0. The van der Waals surface area contributed by atoms with Crippen molar-refractivity contribution < 1.29 is 0 Å². The minimum absolute atomic E-state index is 0.972. The highest BCUT2D eigenvalue weighted by Gasteiger charge is 2.13. The maximum absolute atomic E-state index is 5.27. The van der Waals surface area contributed by atoms with Crippen molar-refractivity contribution in [1.82, 2.24) is 0 Å². The van der Waals surface area contributed by atoms with Crippen molar-refractivity contribution in [2.75, 3.05) is 0 Å². The van der Waals surface area contributed by atoms with Crippen molar-refractivity contribution in [3.63, 3.8) is 0 Å². The van der Waals surface area contributed by atoms with Gasteiger partial charge in [-0.3, -0.25) is 4.99 Å². The van der Waals surface area contributed by atoms with Crippen molar-refractivity contribution >= 4 is 17.5 Å². The summed E-state index contributed by atoms with van der Waals surface area (Å²) >= 11 is 0. The number of rotatable bonds is 22. The van der Waals surface area contributed by atoms with Gasteiger partial charge in [-0.2, -0.15) is 0 Å². The van der Waals surface area contributed by atoms with E-state index < -0.39 is 0 Å². The van der Waals surface area contributed by atoms with E-state index in [1.807, 2.05) is 0 Å². The third-order valence-electron chi connectivity index (χ3n) is 9.92. The zero-order valence-electron chi connectivity index (χ0n) is 31.4. The zero-order valence-corrected chi connectivity index (χ0v) is 31.4. The van der Waals surface area contributed by atoms with Crippen LogP contribution in [0, 0.1) is 13.8 Å². The molecule has 0 N–H and O–H groups in total. The van der Waals surface area contributed by atoms with E-state index in [4.69, 9.17) is 4.99 Å². The first-order valence-corrected chi connectivity index (χ1v) is 19.5. The van der Waals surface area contributed by atoms with Crippen LogP contribution in [-0.4, -0.2) is 5.71 Å². The van der Waals surface area contributed by atoms with E-state index in [0.717, 1.165) is 30.7 Å². The monoisotopic (exact) mass is 634 g/mol. The van der Waals surface area contributed by atoms with Gasteiger partial charge in [0.05, 0.1) is 5.69 Å². The third kappa shape index (κ3) is 12.9. The average molecular weight is 634 g/mol. The van der Waals surface area contributed by atoms with E-state index in [9.17, 15) is 0 Å². The van der Waals surface area contributed by atoms with Crippen LogP contribution in [0.15, 0.2) is 65.2 Å². The molecule has 3 aromatic rings. The van der Waals surface area contributed by atoms with E-state index in [2.05, 4.69) is 109 Å². The summed E-state index contributed by atoms with van der Waals surface area (Å²) in [7, 11) is 0. The Morgan fingerprint density at radius 1 is 0.596 bits per heavy atom. The molecule has 1 heteroatoms. The van der Waals surface area contributed by atoms with Gasteiger partial charge < -0.3 is 0 Å². The molecule has 0 unspecified atom stereocenters. The maximum Gasteiger partial charge on any atom is 0.0638 e. The average Bonchev–Trinajstić information content (AvgIpc) is 3.06. The van der Waals surface area contributed by atoms with E-state index in [1.165, 1.54) is 141 Å². The van der Waals surface area contributed by atoms with Crippen molar-refractivity contribution in [2.24, 2.45) is 4.99 Å². The van der Waals surface area contributed by atoms with E-state index >= 15 is 0 Å². The Kier molecular flexibility index (Phi) is 17.9. The number of allylic oxidation sites excluding steroid dienone is 1. The first-order valence-electron chi connectivity index (χ1n) is 19.5. The van der Waals surface area contributed by atoms with Crippen molar-refractivity contribution in [3.05, 3.63) is 93.6 Å². The number of hydrogen-bond donors (Lipinski definition) is 0. The Morgan fingerprint density at radius 3 is 1.83 bits per heavy atom. The molecule has 0 amide bonds. The maximum atomic E-state index is 5.27. The fraction of sp³-hybridized carbons (Fsp3) is 0.543. The Morgan fingerprint density at radius 2 is 1.19 bits per heavy atom. The highest BCUT2D eigenvalue weighted by atomic mass is 14.7. The van der Waals surface area contributed by atoms with Gasteiger partial charge in [0, 0.05) is 5.71 Å². The molecule has 256 valence electrons. The summed E-state index contributed by atoms with van der Waals surface area (Å²) in [5.74, 6) is 0. The molecule has 3 aromatic carbocycles. The summed E-state index contributed by atoms with van der Waals surface area (Å²) in [6.07, 6.45) is 25.4. The van der Waals surface area contributed by atoms with Crippen LogP contribution in [0.2, 0.25) is 0 Å². The number of benzene rings is 3. The molecular formula is C46H67N. The second-order valence-corrected chi connectivity index (χ2v) is 14.0. The molecule has 0 saturated heterocycles. The number of unbranched alkanes of at least 4 members (excludes halogenated alkanes) is 11. The largest absolute Gasteiger partial charge is 0.253 e. The van der Waals surface area contributed by atoms with Gasteiger partial charge in [0.25, 0.3) is 0 Å². The van der Waals surface area contributed by atoms with E-state index in [0.29, 0.717) is 0 Å². The second-order valence-electron chi connectivity index (χ2n) is 14.0. The molecule has 0 heterocycles.